The Bertz CT molecular complexity index is 916. The van der Waals surface area contributed by atoms with Gasteiger partial charge in [0.05, 0.1) is 19.2 Å². The molecule has 0 saturated carbocycles. The van der Waals surface area contributed by atoms with Crippen molar-refractivity contribution >= 4 is 11.8 Å². The van der Waals surface area contributed by atoms with Crippen LogP contribution in [0.2, 0.25) is 0 Å². The number of esters is 1. The normalized spacial score (nSPS) is 10.5. The first kappa shape index (κ1) is 17.3. The number of carbonyl (C=O) groups is 1. The number of rotatable bonds is 6. The van der Waals surface area contributed by atoms with E-state index in [2.05, 4.69) is 19.7 Å². The zero-order valence-electron chi connectivity index (χ0n) is 14.2. The van der Waals surface area contributed by atoms with E-state index >= 15 is 0 Å². The number of nitrogens with one attached hydrogen (secondary N) is 1. The summed E-state index contributed by atoms with van der Waals surface area (Å²) in [6.45, 7) is 0. The van der Waals surface area contributed by atoms with Crippen LogP contribution in [0.5, 0.6) is 0 Å². The second-order valence-electron chi connectivity index (χ2n) is 5.61. The molecule has 0 saturated heterocycles. The van der Waals surface area contributed by atoms with Gasteiger partial charge in [-0.15, -0.1) is 0 Å². The van der Waals surface area contributed by atoms with Gasteiger partial charge in [0, 0.05) is 36.1 Å². The van der Waals surface area contributed by atoms with Gasteiger partial charge in [-0.25, -0.2) is 15.0 Å². The lowest BCUT2D eigenvalue weighted by Gasteiger charge is -2.04. The lowest BCUT2D eigenvalue weighted by molar-refractivity contribution is -0.140. The van der Waals surface area contributed by atoms with Crippen molar-refractivity contribution in [2.24, 2.45) is 5.73 Å². The Kier molecular flexibility index (Phi) is 5.02. The average Bonchev–Trinajstić information content (AvgIpc) is 3.15. The molecule has 26 heavy (non-hydrogen) atoms. The van der Waals surface area contributed by atoms with E-state index < -0.39 is 0 Å². The van der Waals surface area contributed by atoms with Crippen molar-refractivity contribution in [3.63, 3.8) is 0 Å². The second kappa shape index (κ2) is 7.56. The van der Waals surface area contributed by atoms with Crippen molar-refractivity contribution in [1.29, 1.82) is 5.41 Å². The van der Waals surface area contributed by atoms with E-state index in [0.29, 0.717) is 17.9 Å². The van der Waals surface area contributed by atoms with Crippen LogP contribution >= 0.6 is 0 Å². The lowest BCUT2D eigenvalue weighted by Crippen LogP contribution is -2.10. The number of hydrogen-bond donors (Lipinski definition) is 2. The van der Waals surface area contributed by atoms with Crippen molar-refractivity contribution in [3.8, 4) is 17.1 Å². The van der Waals surface area contributed by atoms with Crippen LogP contribution < -0.4 is 5.73 Å². The highest BCUT2D eigenvalue weighted by atomic mass is 16.5. The number of nitrogen functional groups attached to an aromatic ring is 1. The Morgan fingerprint density at radius 1 is 1.15 bits per heavy atom. The van der Waals surface area contributed by atoms with Crippen LogP contribution in [0.25, 0.3) is 17.1 Å². The highest BCUT2D eigenvalue weighted by Gasteiger charge is 2.07. The lowest BCUT2D eigenvalue weighted by atomic mass is 10.1. The van der Waals surface area contributed by atoms with E-state index in [4.69, 9.17) is 11.1 Å². The highest BCUT2D eigenvalue weighted by Crippen LogP contribution is 2.18. The summed E-state index contributed by atoms with van der Waals surface area (Å²) in [6, 6.07) is 7.32. The van der Waals surface area contributed by atoms with Gasteiger partial charge in [-0.2, -0.15) is 0 Å². The topological polar surface area (TPSA) is 120 Å². The predicted octanol–water partition coefficient (Wildman–Crippen LogP) is 1.72. The van der Waals surface area contributed by atoms with E-state index in [-0.39, 0.29) is 18.2 Å². The van der Waals surface area contributed by atoms with Crippen LogP contribution in [0.15, 0.2) is 49.2 Å². The number of nitrogens with two attached hydrogens (primary N) is 1. The first-order chi connectivity index (χ1) is 12.6. The van der Waals surface area contributed by atoms with Gasteiger partial charge in [0.2, 0.25) is 5.95 Å². The van der Waals surface area contributed by atoms with Crippen molar-refractivity contribution < 1.29 is 9.53 Å². The smallest absolute Gasteiger partial charge is 0.305 e. The Morgan fingerprint density at radius 2 is 1.85 bits per heavy atom. The monoisotopic (exact) mass is 350 g/mol. The number of hydrogen-bond acceptors (Lipinski definition) is 6. The number of aryl methyl sites for hydroxylation is 1. The van der Waals surface area contributed by atoms with Gasteiger partial charge >= 0.3 is 5.97 Å². The zero-order chi connectivity index (χ0) is 18.5. The molecule has 1 aromatic carbocycles. The summed E-state index contributed by atoms with van der Waals surface area (Å²) in [5, 5.41) is 7.42. The van der Waals surface area contributed by atoms with Crippen LogP contribution in [0.4, 0.5) is 0 Å². The van der Waals surface area contributed by atoms with E-state index in [1.807, 2.05) is 12.1 Å². The fourth-order valence-electron chi connectivity index (χ4n) is 2.38. The largest absolute Gasteiger partial charge is 0.469 e. The van der Waals surface area contributed by atoms with Crippen molar-refractivity contribution in [2.75, 3.05) is 7.11 Å². The van der Waals surface area contributed by atoms with Crippen LogP contribution in [0.1, 0.15) is 17.7 Å². The molecule has 0 aliphatic carbocycles. The van der Waals surface area contributed by atoms with Crippen LogP contribution in [0, 0.1) is 5.41 Å². The molecule has 8 heteroatoms. The van der Waals surface area contributed by atoms with Gasteiger partial charge in [-0.05, 0) is 5.56 Å². The standard InChI is InChI=1S/C18H18N6O2/c1-26-16(25)7-6-15-10-24(11-23-15)18-21-8-14(9-22-18)12-2-4-13(5-3-12)17(19)20/h2-5,8-11H,6-7H2,1H3,(H3,19,20). The summed E-state index contributed by atoms with van der Waals surface area (Å²) < 4.78 is 6.33. The molecule has 0 amide bonds. The number of amidine groups is 1. The van der Waals surface area contributed by atoms with E-state index in [1.54, 1.807) is 41.6 Å². The summed E-state index contributed by atoms with van der Waals surface area (Å²) in [4.78, 5) is 24.2. The molecule has 0 fully saturated rings. The molecule has 3 aromatic rings. The molecular weight excluding hydrogens is 332 g/mol. The number of aromatic nitrogens is 4. The van der Waals surface area contributed by atoms with Crippen molar-refractivity contribution in [2.45, 2.75) is 12.8 Å². The summed E-state index contributed by atoms with van der Waals surface area (Å²) >= 11 is 0. The quantitative estimate of drug-likeness (QED) is 0.397. The number of nitrogens with zero attached hydrogens (tertiary/aromatic N) is 4. The Morgan fingerprint density at radius 3 is 2.46 bits per heavy atom. The van der Waals surface area contributed by atoms with Gasteiger partial charge in [0.1, 0.15) is 12.2 Å². The maximum absolute atomic E-state index is 11.2. The van der Waals surface area contributed by atoms with Crippen LogP contribution in [-0.4, -0.2) is 38.4 Å². The van der Waals surface area contributed by atoms with E-state index in [9.17, 15) is 4.79 Å². The molecule has 3 N–H and O–H groups in total. The maximum Gasteiger partial charge on any atom is 0.305 e. The molecule has 0 spiro atoms. The van der Waals surface area contributed by atoms with E-state index in [0.717, 1.165) is 16.8 Å². The van der Waals surface area contributed by atoms with Crippen LogP contribution in [-0.2, 0) is 16.0 Å². The number of imidazole rings is 1. The third-order valence-electron chi connectivity index (χ3n) is 3.85. The molecule has 0 aliphatic rings. The molecular formula is C18H18N6O2. The molecule has 0 atom stereocenters. The average molecular weight is 350 g/mol. The molecule has 3 rings (SSSR count). The summed E-state index contributed by atoms with van der Waals surface area (Å²) in [5.74, 6) is 0.258. The number of methoxy groups -OCH3 is 1. The number of carbonyl (C=O) groups excluding carboxylic acids is 1. The highest BCUT2D eigenvalue weighted by molar-refractivity contribution is 5.95. The Labute approximate surface area is 150 Å². The minimum Gasteiger partial charge on any atom is -0.469 e. The summed E-state index contributed by atoms with van der Waals surface area (Å²) in [6.07, 6.45) is 7.63. The third kappa shape index (κ3) is 3.92. The minimum absolute atomic E-state index is 0.0336. The number of ether oxygens (including phenoxy) is 1. The maximum atomic E-state index is 11.2. The molecule has 0 aliphatic heterocycles. The van der Waals surface area contributed by atoms with Crippen LogP contribution in [0.3, 0.4) is 0 Å². The second-order valence-corrected chi connectivity index (χ2v) is 5.61. The number of benzene rings is 1. The van der Waals surface area contributed by atoms with Gasteiger partial charge < -0.3 is 10.5 Å². The Hall–Kier alpha value is -3.55. The van der Waals surface area contributed by atoms with Gasteiger partial charge in [-0.3, -0.25) is 14.8 Å². The van der Waals surface area contributed by atoms with Gasteiger partial charge in [0.25, 0.3) is 0 Å². The van der Waals surface area contributed by atoms with Crippen molar-refractivity contribution in [1.82, 2.24) is 19.5 Å². The molecule has 0 radical (unpaired) electrons. The van der Waals surface area contributed by atoms with Gasteiger partial charge in [-0.1, -0.05) is 24.3 Å². The first-order valence-electron chi connectivity index (χ1n) is 7.94. The molecule has 8 nitrogen and oxygen atoms in total. The molecule has 132 valence electrons. The predicted molar refractivity (Wildman–Crippen MR) is 95.9 cm³/mol. The Balaban J connectivity index is 1.72. The minimum atomic E-state index is -0.268. The molecule has 0 unspecified atom stereocenters. The fraction of sp³-hybridized carbons (Fsp3) is 0.167. The zero-order valence-corrected chi connectivity index (χ0v) is 14.2. The fourth-order valence-corrected chi connectivity index (χ4v) is 2.38. The molecule has 2 heterocycles. The third-order valence-corrected chi connectivity index (χ3v) is 3.85. The van der Waals surface area contributed by atoms with E-state index in [1.165, 1.54) is 7.11 Å². The summed E-state index contributed by atoms with van der Waals surface area (Å²) in [7, 11) is 1.37. The van der Waals surface area contributed by atoms with Gasteiger partial charge in [0.15, 0.2) is 0 Å². The summed E-state index contributed by atoms with van der Waals surface area (Å²) in [5.41, 5.74) is 8.69. The molecule has 2 aromatic heterocycles. The SMILES string of the molecule is COC(=O)CCc1cn(-c2ncc(-c3ccc(C(=N)N)cc3)cn2)cn1. The van der Waals surface area contributed by atoms with Crippen molar-refractivity contribution in [3.05, 3.63) is 60.4 Å². The first-order valence-corrected chi connectivity index (χ1v) is 7.94. The molecule has 0 bridgehead atoms.